The number of hydrogen-bond acceptors (Lipinski definition) is 5. The zero-order chi connectivity index (χ0) is 24.0. The van der Waals surface area contributed by atoms with Gasteiger partial charge in [-0.25, -0.2) is 8.42 Å². The lowest BCUT2D eigenvalue weighted by atomic mass is 10.2. The van der Waals surface area contributed by atoms with Crippen LogP contribution in [-0.2, 0) is 19.6 Å². The van der Waals surface area contributed by atoms with Crippen LogP contribution in [0, 0.1) is 6.92 Å². The normalized spacial score (nSPS) is 10.9. The van der Waals surface area contributed by atoms with Gasteiger partial charge in [-0.2, -0.15) is 0 Å². The molecule has 2 amide bonds. The molecule has 0 aliphatic heterocycles. The van der Waals surface area contributed by atoms with Gasteiger partial charge in [0.1, 0.15) is 5.75 Å². The number of amides is 2. The summed E-state index contributed by atoms with van der Waals surface area (Å²) in [6.07, 6.45) is 0. The highest BCUT2D eigenvalue weighted by molar-refractivity contribution is 7.92. The van der Waals surface area contributed by atoms with Crippen LogP contribution >= 0.6 is 11.6 Å². The van der Waals surface area contributed by atoms with E-state index in [-0.39, 0.29) is 28.2 Å². The molecule has 0 aliphatic rings. The highest BCUT2D eigenvalue weighted by atomic mass is 35.5. The number of benzene rings is 3. The molecule has 0 fully saturated rings. The Bertz CT molecular complexity index is 1280. The van der Waals surface area contributed by atoms with Crippen LogP contribution in [0.4, 0.5) is 17.1 Å². The van der Waals surface area contributed by atoms with E-state index in [1.807, 2.05) is 6.92 Å². The number of rotatable bonds is 8. The molecular formula is C23H22ClN3O5S. The standard InChI is InChI=1S/C23H22ClN3O5S/c1-15-6-8-17(9-7-15)27-33(30,31)20-10-11-22(21(24)13-20)32-14-23(29)26-19-5-3-4-18(12-19)25-16(2)28/h3-13,27H,14H2,1-2H3,(H,25,28)(H,26,29). The molecule has 10 heteroatoms. The minimum atomic E-state index is -3.85. The predicted molar refractivity (Wildman–Crippen MR) is 128 cm³/mol. The minimum absolute atomic E-state index is 0.0420. The molecule has 3 rings (SSSR count). The molecule has 3 N–H and O–H groups in total. The highest BCUT2D eigenvalue weighted by Gasteiger charge is 2.17. The van der Waals surface area contributed by atoms with Gasteiger partial charge < -0.3 is 15.4 Å². The lowest BCUT2D eigenvalue weighted by Gasteiger charge is -2.12. The molecule has 3 aromatic carbocycles. The third-order valence-corrected chi connectivity index (χ3v) is 6.02. The van der Waals surface area contributed by atoms with Crippen molar-refractivity contribution >= 4 is 50.5 Å². The van der Waals surface area contributed by atoms with Gasteiger partial charge in [0.15, 0.2) is 6.61 Å². The number of halogens is 1. The van der Waals surface area contributed by atoms with Gasteiger partial charge in [-0.3, -0.25) is 14.3 Å². The first-order chi connectivity index (χ1) is 15.6. The molecule has 3 aromatic rings. The van der Waals surface area contributed by atoms with Crippen LogP contribution in [-0.4, -0.2) is 26.8 Å². The van der Waals surface area contributed by atoms with E-state index in [2.05, 4.69) is 15.4 Å². The Morgan fingerprint density at radius 1 is 0.909 bits per heavy atom. The Kier molecular flexibility index (Phi) is 7.57. The fraction of sp³-hybridized carbons (Fsp3) is 0.130. The smallest absolute Gasteiger partial charge is 0.262 e. The average molecular weight is 488 g/mol. The van der Waals surface area contributed by atoms with Crippen molar-refractivity contribution in [2.75, 3.05) is 22.0 Å². The molecule has 0 bridgehead atoms. The van der Waals surface area contributed by atoms with Gasteiger partial charge in [0.2, 0.25) is 5.91 Å². The fourth-order valence-electron chi connectivity index (χ4n) is 2.82. The lowest BCUT2D eigenvalue weighted by Crippen LogP contribution is -2.20. The second-order valence-electron chi connectivity index (χ2n) is 7.16. The van der Waals surface area contributed by atoms with Crippen molar-refractivity contribution in [3.05, 3.63) is 77.3 Å². The summed E-state index contributed by atoms with van der Waals surface area (Å²) in [5.74, 6) is -0.521. The largest absolute Gasteiger partial charge is 0.482 e. The molecule has 0 aromatic heterocycles. The van der Waals surface area contributed by atoms with E-state index in [0.29, 0.717) is 17.1 Å². The summed E-state index contributed by atoms with van der Waals surface area (Å²) in [4.78, 5) is 23.3. The molecule has 33 heavy (non-hydrogen) atoms. The second kappa shape index (κ2) is 10.4. The van der Waals surface area contributed by atoms with E-state index < -0.39 is 15.9 Å². The van der Waals surface area contributed by atoms with Crippen molar-refractivity contribution in [1.29, 1.82) is 0 Å². The summed E-state index contributed by atoms with van der Waals surface area (Å²) in [5, 5.41) is 5.32. The van der Waals surface area contributed by atoms with Gasteiger partial charge in [-0.15, -0.1) is 0 Å². The number of hydrogen-bond donors (Lipinski definition) is 3. The summed E-state index contributed by atoms with van der Waals surface area (Å²) in [6, 6.07) is 17.5. The topological polar surface area (TPSA) is 114 Å². The van der Waals surface area contributed by atoms with Crippen molar-refractivity contribution in [3.8, 4) is 5.75 Å². The van der Waals surface area contributed by atoms with Crippen LogP contribution in [0.1, 0.15) is 12.5 Å². The Labute approximate surface area is 197 Å². The molecule has 172 valence electrons. The molecule has 0 radical (unpaired) electrons. The minimum Gasteiger partial charge on any atom is -0.482 e. The van der Waals surface area contributed by atoms with Gasteiger partial charge >= 0.3 is 0 Å². The van der Waals surface area contributed by atoms with Gasteiger partial charge in [-0.1, -0.05) is 35.4 Å². The monoisotopic (exact) mass is 487 g/mol. The van der Waals surface area contributed by atoms with Gasteiger partial charge in [0, 0.05) is 24.0 Å². The second-order valence-corrected chi connectivity index (χ2v) is 9.25. The quantitative estimate of drug-likeness (QED) is 0.435. The SMILES string of the molecule is CC(=O)Nc1cccc(NC(=O)COc2ccc(S(=O)(=O)Nc3ccc(C)cc3)cc2Cl)c1. The number of nitrogens with one attached hydrogen (secondary N) is 3. The number of aryl methyl sites for hydroxylation is 1. The Morgan fingerprint density at radius 3 is 2.21 bits per heavy atom. The zero-order valence-corrected chi connectivity index (χ0v) is 19.5. The van der Waals surface area contributed by atoms with Crippen molar-refractivity contribution < 1.29 is 22.7 Å². The van der Waals surface area contributed by atoms with Gasteiger partial charge in [-0.05, 0) is 55.5 Å². The van der Waals surface area contributed by atoms with Crippen molar-refractivity contribution in [2.24, 2.45) is 0 Å². The van der Waals surface area contributed by atoms with Gasteiger partial charge in [0.05, 0.1) is 9.92 Å². The maximum atomic E-state index is 12.6. The summed E-state index contributed by atoms with van der Waals surface area (Å²) < 4.78 is 33.1. The van der Waals surface area contributed by atoms with E-state index >= 15 is 0 Å². The molecule has 0 aliphatic carbocycles. The van der Waals surface area contributed by atoms with Crippen molar-refractivity contribution in [1.82, 2.24) is 0 Å². The Morgan fingerprint density at radius 2 is 1.58 bits per heavy atom. The summed E-state index contributed by atoms with van der Waals surface area (Å²) in [5.41, 5.74) is 2.45. The fourth-order valence-corrected chi connectivity index (χ4v) is 4.20. The first kappa shape index (κ1) is 24.1. The molecule has 0 spiro atoms. The highest BCUT2D eigenvalue weighted by Crippen LogP contribution is 2.28. The van der Waals surface area contributed by atoms with Crippen LogP contribution in [0.5, 0.6) is 5.75 Å². The zero-order valence-electron chi connectivity index (χ0n) is 17.9. The van der Waals surface area contributed by atoms with Crippen LogP contribution in [0.25, 0.3) is 0 Å². The van der Waals surface area contributed by atoms with Crippen molar-refractivity contribution in [3.63, 3.8) is 0 Å². The summed E-state index contributed by atoms with van der Waals surface area (Å²) in [7, 11) is -3.85. The average Bonchev–Trinajstić information content (AvgIpc) is 2.74. The number of sulfonamides is 1. The molecule has 0 saturated carbocycles. The van der Waals surface area contributed by atoms with Crippen molar-refractivity contribution in [2.45, 2.75) is 18.7 Å². The number of anilines is 3. The van der Waals surface area contributed by atoms with E-state index in [9.17, 15) is 18.0 Å². The van der Waals surface area contributed by atoms with E-state index in [1.165, 1.54) is 25.1 Å². The predicted octanol–water partition coefficient (Wildman–Crippen LogP) is 4.43. The van der Waals surface area contributed by atoms with E-state index in [0.717, 1.165) is 5.56 Å². The number of carbonyl (C=O) groups excluding carboxylic acids is 2. The third kappa shape index (κ3) is 6.96. The first-order valence-electron chi connectivity index (χ1n) is 9.82. The third-order valence-electron chi connectivity index (χ3n) is 4.34. The Hall–Kier alpha value is -3.56. The Balaban J connectivity index is 1.61. The molecular weight excluding hydrogens is 466 g/mol. The van der Waals surface area contributed by atoms with Crippen LogP contribution in [0.2, 0.25) is 5.02 Å². The lowest BCUT2D eigenvalue weighted by molar-refractivity contribution is -0.118. The molecule has 0 unspecified atom stereocenters. The molecule has 0 heterocycles. The van der Waals surface area contributed by atoms with Crippen LogP contribution in [0.3, 0.4) is 0 Å². The molecule has 8 nitrogen and oxygen atoms in total. The number of carbonyl (C=O) groups is 2. The van der Waals surface area contributed by atoms with E-state index in [1.54, 1.807) is 48.5 Å². The first-order valence-corrected chi connectivity index (χ1v) is 11.7. The summed E-state index contributed by atoms with van der Waals surface area (Å²) >= 11 is 6.18. The van der Waals surface area contributed by atoms with Gasteiger partial charge in [0.25, 0.3) is 15.9 Å². The van der Waals surface area contributed by atoms with Crippen LogP contribution < -0.4 is 20.1 Å². The van der Waals surface area contributed by atoms with Crippen LogP contribution in [0.15, 0.2) is 71.6 Å². The maximum Gasteiger partial charge on any atom is 0.262 e. The van der Waals surface area contributed by atoms with E-state index in [4.69, 9.17) is 16.3 Å². The number of ether oxygens (including phenoxy) is 1. The maximum absolute atomic E-state index is 12.6. The summed E-state index contributed by atoms with van der Waals surface area (Å²) in [6.45, 7) is 2.94. The molecule has 0 saturated heterocycles. The molecule has 0 atom stereocenters.